The number of carbonyl (C=O) groups excluding carboxylic acids is 1. The highest BCUT2D eigenvalue weighted by Gasteiger charge is 1.92. The molecule has 0 fully saturated rings. The molecule has 0 atom stereocenters. The summed E-state index contributed by atoms with van der Waals surface area (Å²) in [7, 11) is -2.99. The molecule has 0 aromatic heterocycles. The van der Waals surface area contributed by atoms with Crippen molar-refractivity contribution >= 4 is 13.9 Å². The van der Waals surface area contributed by atoms with Crippen LogP contribution in [0.2, 0.25) is 0 Å². The van der Waals surface area contributed by atoms with Gasteiger partial charge in [-0.3, -0.25) is 4.79 Å². The fourth-order valence-corrected chi connectivity index (χ4v) is 0.315. The molecule has 0 N–H and O–H groups in total. The molecule has 0 aliphatic carbocycles. The molecule has 0 aliphatic heterocycles. The first-order chi connectivity index (χ1) is 3.13. The van der Waals surface area contributed by atoms with Crippen LogP contribution in [0.1, 0.15) is 6.92 Å². The van der Waals surface area contributed by atoms with Gasteiger partial charge >= 0.3 is 13.9 Å². The highest BCUT2D eigenvalue weighted by Crippen LogP contribution is 2.02. The van der Waals surface area contributed by atoms with Crippen molar-refractivity contribution in [3.05, 3.63) is 0 Å². The molecule has 0 aromatic rings. The van der Waals surface area contributed by atoms with Crippen molar-refractivity contribution in [1.29, 1.82) is 0 Å². The summed E-state index contributed by atoms with van der Waals surface area (Å²) in [5, 5.41) is 0. The topological polar surface area (TPSA) is 60.4 Å². The van der Waals surface area contributed by atoms with Gasteiger partial charge in [0.1, 0.15) is 0 Å². The van der Waals surface area contributed by atoms with Gasteiger partial charge in [-0.05, 0) is 0 Å². The standard InChI is InChI=1S/C2H3O4P/c1-2(3)6-7(4)5/h1H3. The maximum absolute atomic E-state index is 9.65. The van der Waals surface area contributed by atoms with E-state index in [9.17, 15) is 13.9 Å². The maximum atomic E-state index is 9.65. The second kappa shape index (κ2) is 2.53. The first-order valence-electron chi connectivity index (χ1n) is 1.46. The van der Waals surface area contributed by atoms with Gasteiger partial charge in [0.05, 0.1) is 0 Å². The van der Waals surface area contributed by atoms with Crippen LogP contribution in [0, 0.1) is 0 Å². The molecule has 0 unspecified atom stereocenters. The Labute approximate surface area is 40.4 Å². The van der Waals surface area contributed by atoms with Crippen LogP contribution >= 0.6 is 7.91 Å². The van der Waals surface area contributed by atoms with Crippen LogP contribution in [0.25, 0.3) is 0 Å². The van der Waals surface area contributed by atoms with Crippen molar-refractivity contribution in [2.24, 2.45) is 0 Å². The summed E-state index contributed by atoms with van der Waals surface area (Å²) < 4.78 is 22.4. The number of rotatable bonds is 1. The average Bonchev–Trinajstić information content (AvgIpc) is 1.27. The molecule has 0 heterocycles. The van der Waals surface area contributed by atoms with Crippen LogP contribution < -0.4 is 0 Å². The van der Waals surface area contributed by atoms with Crippen LogP contribution in [0.3, 0.4) is 0 Å². The Bertz CT molecular complexity index is 127. The second-order valence-corrected chi connectivity index (χ2v) is 1.44. The van der Waals surface area contributed by atoms with Crippen LogP contribution in [0.4, 0.5) is 0 Å². The lowest BCUT2D eigenvalue weighted by molar-refractivity contribution is -0.131. The van der Waals surface area contributed by atoms with Gasteiger partial charge < -0.3 is 4.52 Å². The van der Waals surface area contributed by atoms with E-state index in [1.807, 2.05) is 0 Å². The summed E-state index contributed by atoms with van der Waals surface area (Å²) in [6.45, 7) is 1.02. The monoisotopic (exact) mass is 122 g/mol. The van der Waals surface area contributed by atoms with Crippen LogP contribution in [-0.4, -0.2) is 5.97 Å². The Morgan fingerprint density at radius 3 is 2.00 bits per heavy atom. The van der Waals surface area contributed by atoms with Crippen molar-refractivity contribution in [1.82, 2.24) is 0 Å². The zero-order valence-corrected chi connectivity index (χ0v) is 4.47. The minimum Gasteiger partial charge on any atom is -0.352 e. The summed E-state index contributed by atoms with van der Waals surface area (Å²) in [6.07, 6.45) is 0. The van der Waals surface area contributed by atoms with Gasteiger partial charge in [-0.2, -0.15) is 9.13 Å². The summed E-state index contributed by atoms with van der Waals surface area (Å²) in [5.41, 5.74) is 0. The van der Waals surface area contributed by atoms with Gasteiger partial charge in [0.2, 0.25) is 0 Å². The van der Waals surface area contributed by atoms with Gasteiger partial charge in [-0.15, -0.1) is 0 Å². The predicted molar refractivity (Wildman–Crippen MR) is 20.1 cm³/mol. The van der Waals surface area contributed by atoms with Crippen LogP contribution in [0.5, 0.6) is 0 Å². The van der Waals surface area contributed by atoms with Gasteiger partial charge in [0.15, 0.2) is 0 Å². The average molecular weight is 122 g/mol. The summed E-state index contributed by atoms with van der Waals surface area (Å²) in [6, 6.07) is 0. The normalized spacial score (nSPS) is 7.57. The van der Waals surface area contributed by atoms with E-state index >= 15 is 0 Å². The first kappa shape index (κ1) is 6.37. The fraction of sp³-hybridized carbons (Fsp3) is 0.500. The highest BCUT2D eigenvalue weighted by molar-refractivity contribution is 7.25. The molecule has 0 bridgehead atoms. The molecule has 0 saturated heterocycles. The van der Waals surface area contributed by atoms with Crippen LogP contribution in [-0.2, 0) is 18.4 Å². The van der Waals surface area contributed by atoms with Crippen LogP contribution in [0.15, 0.2) is 0 Å². The molecule has 4 nitrogen and oxygen atoms in total. The van der Waals surface area contributed by atoms with E-state index in [4.69, 9.17) is 0 Å². The van der Waals surface area contributed by atoms with E-state index in [1.165, 1.54) is 0 Å². The molecule has 0 spiro atoms. The molecule has 0 aliphatic rings. The summed E-state index contributed by atoms with van der Waals surface area (Å²) in [4.78, 5) is 9.65. The lowest BCUT2D eigenvalue weighted by Crippen LogP contribution is -1.84. The highest BCUT2D eigenvalue weighted by atomic mass is 31.1. The molecule has 0 aromatic carbocycles. The smallest absolute Gasteiger partial charge is 0.352 e. The van der Waals surface area contributed by atoms with E-state index in [-0.39, 0.29) is 0 Å². The van der Waals surface area contributed by atoms with Gasteiger partial charge in [0, 0.05) is 6.92 Å². The van der Waals surface area contributed by atoms with Gasteiger partial charge in [-0.1, -0.05) is 0 Å². The molecule has 0 radical (unpaired) electrons. The lowest BCUT2D eigenvalue weighted by Gasteiger charge is -1.77. The molecule has 7 heavy (non-hydrogen) atoms. The van der Waals surface area contributed by atoms with Gasteiger partial charge in [-0.25, -0.2) is 0 Å². The third-order valence-corrected chi connectivity index (χ3v) is 0.609. The second-order valence-electron chi connectivity index (χ2n) is 0.806. The van der Waals surface area contributed by atoms with E-state index in [0.717, 1.165) is 6.92 Å². The minimum absolute atomic E-state index is 0.809. The number of hydrogen-bond donors (Lipinski definition) is 0. The minimum atomic E-state index is -2.99. The molecule has 0 saturated carbocycles. The van der Waals surface area contributed by atoms with Crippen molar-refractivity contribution in [3.63, 3.8) is 0 Å². The Morgan fingerprint density at radius 1 is 1.57 bits per heavy atom. The largest absolute Gasteiger partial charge is 0.531 e. The van der Waals surface area contributed by atoms with Crippen molar-refractivity contribution in [2.75, 3.05) is 0 Å². The Balaban J connectivity index is 3.53. The quantitative estimate of drug-likeness (QED) is 0.478. The van der Waals surface area contributed by atoms with Crippen molar-refractivity contribution < 1.29 is 18.4 Å². The third kappa shape index (κ3) is 5.37. The molecule has 5 heteroatoms. The number of carbonyl (C=O) groups is 1. The predicted octanol–water partition coefficient (Wildman–Crippen LogP) is 0.637. The number of hydrogen-bond acceptors (Lipinski definition) is 4. The zero-order chi connectivity index (χ0) is 5.86. The zero-order valence-electron chi connectivity index (χ0n) is 3.58. The maximum Gasteiger partial charge on any atom is 0.531 e. The van der Waals surface area contributed by atoms with E-state index < -0.39 is 13.9 Å². The van der Waals surface area contributed by atoms with E-state index in [1.54, 1.807) is 0 Å². The molecular formula is C2H3O4P. The SMILES string of the molecule is CC(=O)OP(=O)=O. The lowest BCUT2D eigenvalue weighted by atomic mass is 10.9. The van der Waals surface area contributed by atoms with E-state index in [2.05, 4.69) is 4.52 Å². The fourth-order valence-electron chi connectivity index (χ4n) is 0.105. The summed E-state index contributed by atoms with van der Waals surface area (Å²) in [5.74, 6) is -0.809. The van der Waals surface area contributed by atoms with Crippen molar-refractivity contribution in [2.45, 2.75) is 6.92 Å². The Kier molecular flexibility index (Phi) is 2.30. The molecule has 0 amide bonds. The Morgan fingerprint density at radius 2 is 2.00 bits per heavy atom. The van der Waals surface area contributed by atoms with Crippen molar-refractivity contribution in [3.8, 4) is 0 Å². The molecule has 0 rings (SSSR count). The first-order valence-corrected chi connectivity index (χ1v) is 2.55. The third-order valence-electron chi connectivity index (χ3n) is 0.203. The van der Waals surface area contributed by atoms with E-state index in [0.29, 0.717) is 0 Å². The Hall–Kier alpha value is -0.630. The molecule has 40 valence electrons. The summed E-state index contributed by atoms with van der Waals surface area (Å²) >= 11 is 0. The van der Waals surface area contributed by atoms with Gasteiger partial charge in [0.25, 0.3) is 0 Å². The molecular weight excluding hydrogens is 119 g/mol.